The molecule has 90 valence electrons. The lowest BCUT2D eigenvalue weighted by atomic mass is 10.0. The average Bonchev–Trinajstić information content (AvgIpc) is 2.27. The minimum absolute atomic E-state index is 0.816. The van der Waals surface area contributed by atoms with E-state index < -0.39 is 0 Å². The molecule has 0 atom stereocenters. The van der Waals surface area contributed by atoms with Gasteiger partial charge in [-0.3, -0.25) is 0 Å². The van der Waals surface area contributed by atoms with E-state index in [1.54, 1.807) is 0 Å². The molecule has 0 aliphatic heterocycles. The molecule has 0 bridgehead atoms. The summed E-state index contributed by atoms with van der Waals surface area (Å²) in [6.07, 6.45) is 0. The normalized spacial score (nSPS) is 10.6. The number of benzene rings is 2. The number of hydrogen-bond donors (Lipinski definition) is 1. The Morgan fingerprint density at radius 3 is 2.18 bits per heavy atom. The van der Waals surface area contributed by atoms with Crippen molar-refractivity contribution in [3.8, 4) is 0 Å². The van der Waals surface area contributed by atoms with Crippen LogP contribution in [0.2, 0.25) is 0 Å². The molecular formula is C14H19N3. The Balaban J connectivity index is 2.89. The second kappa shape index (κ2) is 4.17. The third-order valence-corrected chi connectivity index (χ3v) is 2.96. The Morgan fingerprint density at radius 2 is 1.59 bits per heavy atom. The van der Waals surface area contributed by atoms with Crippen LogP contribution in [0.15, 0.2) is 30.3 Å². The molecule has 2 aromatic carbocycles. The van der Waals surface area contributed by atoms with Gasteiger partial charge < -0.3 is 15.5 Å². The van der Waals surface area contributed by atoms with E-state index in [1.807, 2.05) is 20.2 Å². The zero-order chi connectivity index (χ0) is 12.6. The highest BCUT2D eigenvalue weighted by Gasteiger charge is 2.12. The number of anilines is 3. The third kappa shape index (κ3) is 1.88. The number of nitrogens with zero attached hydrogens (tertiary/aromatic N) is 2. The van der Waals surface area contributed by atoms with Gasteiger partial charge in [0.1, 0.15) is 0 Å². The van der Waals surface area contributed by atoms with Crippen LogP contribution in [0, 0.1) is 0 Å². The fourth-order valence-corrected chi connectivity index (χ4v) is 2.21. The van der Waals surface area contributed by atoms with E-state index in [1.165, 1.54) is 16.5 Å². The molecule has 0 spiro atoms. The summed E-state index contributed by atoms with van der Waals surface area (Å²) in [4.78, 5) is 4.19. The Hall–Kier alpha value is -1.90. The van der Waals surface area contributed by atoms with Crippen molar-refractivity contribution in [1.29, 1.82) is 0 Å². The lowest BCUT2D eigenvalue weighted by molar-refractivity contribution is 1.12. The number of nitrogens with two attached hydrogens (primary N) is 1. The van der Waals surface area contributed by atoms with Gasteiger partial charge in [-0.05, 0) is 17.5 Å². The quantitative estimate of drug-likeness (QED) is 0.803. The number of rotatable bonds is 2. The summed E-state index contributed by atoms with van der Waals surface area (Å²) in [6.45, 7) is 0. The maximum Gasteiger partial charge on any atom is 0.0695 e. The van der Waals surface area contributed by atoms with Crippen LogP contribution in [0.4, 0.5) is 17.1 Å². The standard InChI is InChI=1S/C14H19N3/c1-16(2)12-7-5-6-10-8-9-11(15)14(13(10)12)17(3)4/h5-9H,15H2,1-4H3. The predicted molar refractivity (Wildman–Crippen MR) is 77.0 cm³/mol. The number of hydrogen-bond acceptors (Lipinski definition) is 3. The molecule has 0 saturated carbocycles. The summed E-state index contributed by atoms with van der Waals surface area (Å²) < 4.78 is 0. The summed E-state index contributed by atoms with van der Waals surface area (Å²) in [6, 6.07) is 10.4. The first-order valence-corrected chi connectivity index (χ1v) is 5.68. The summed E-state index contributed by atoms with van der Waals surface area (Å²) in [5.74, 6) is 0. The highest BCUT2D eigenvalue weighted by atomic mass is 15.1. The molecule has 3 heteroatoms. The molecule has 0 heterocycles. The van der Waals surface area contributed by atoms with Gasteiger partial charge in [0.15, 0.2) is 0 Å². The van der Waals surface area contributed by atoms with Gasteiger partial charge in [0, 0.05) is 39.3 Å². The van der Waals surface area contributed by atoms with Crippen LogP contribution in [-0.4, -0.2) is 28.2 Å². The summed E-state index contributed by atoms with van der Waals surface area (Å²) in [5.41, 5.74) is 9.20. The predicted octanol–water partition coefficient (Wildman–Crippen LogP) is 2.55. The van der Waals surface area contributed by atoms with Crippen molar-refractivity contribution in [3.63, 3.8) is 0 Å². The van der Waals surface area contributed by atoms with Gasteiger partial charge >= 0.3 is 0 Å². The highest BCUT2D eigenvalue weighted by Crippen LogP contribution is 2.37. The summed E-state index contributed by atoms with van der Waals surface area (Å²) >= 11 is 0. The average molecular weight is 229 g/mol. The molecule has 0 fully saturated rings. The number of fused-ring (bicyclic) bond motifs is 1. The maximum absolute atomic E-state index is 6.10. The van der Waals surface area contributed by atoms with Crippen molar-refractivity contribution in [2.24, 2.45) is 0 Å². The lowest BCUT2D eigenvalue weighted by Gasteiger charge is -2.23. The van der Waals surface area contributed by atoms with Gasteiger partial charge in [0.25, 0.3) is 0 Å². The van der Waals surface area contributed by atoms with Gasteiger partial charge in [-0.2, -0.15) is 0 Å². The van der Waals surface area contributed by atoms with Crippen molar-refractivity contribution in [3.05, 3.63) is 30.3 Å². The van der Waals surface area contributed by atoms with Crippen molar-refractivity contribution >= 4 is 27.8 Å². The molecule has 0 aliphatic carbocycles. The first-order valence-electron chi connectivity index (χ1n) is 5.68. The van der Waals surface area contributed by atoms with E-state index >= 15 is 0 Å². The van der Waals surface area contributed by atoms with Crippen molar-refractivity contribution in [1.82, 2.24) is 0 Å². The zero-order valence-corrected chi connectivity index (χ0v) is 10.9. The van der Waals surface area contributed by atoms with Crippen molar-refractivity contribution < 1.29 is 0 Å². The van der Waals surface area contributed by atoms with Gasteiger partial charge in [-0.1, -0.05) is 18.2 Å². The van der Waals surface area contributed by atoms with Crippen LogP contribution in [0.3, 0.4) is 0 Å². The number of nitrogen functional groups attached to an aromatic ring is 1. The minimum atomic E-state index is 0.816. The topological polar surface area (TPSA) is 32.5 Å². The van der Waals surface area contributed by atoms with E-state index in [0.29, 0.717) is 0 Å². The van der Waals surface area contributed by atoms with Gasteiger partial charge in [-0.25, -0.2) is 0 Å². The molecule has 0 unspecified atom stereocenters. The fourth-order valence-electron chi connectivity index (χ4n) is 2.21. The molecule has 2 aromatic rings. The monoisotopic (exact) mass is 229 g/mol. The molecule has 0 aliphatic rings. The van der Waals surface area contributed by atoms with Crippen LogP contribution in [0.25, 0.3) is 10.8 Å². The Bertz CT molecular complexity index is 544. The zero-order valence-electron chi connectivity index (χ0n) is 10.9. The first-order chi connectivity index (χ1) is 8.02. The van der Waals surface area contributed by atoms with Gasteiger partial charge in [0.05, 0.1) is 11.4 Å². The van der Waals surface area contributed by atoms with Crippen LogP contribution in [-0.2, 0) is 0 Å². The van der Waals surface area contributed by atoms with Crippen molar-refractivity contribution in [2.45, 2.75) is 0 Å². The Morgan fingerprint density at radius 1 is 0.882 bits per heavy atom. The summed E-state index contributed by atoms with van der Waals surface area (Å²) in [5, 5.41) is 2.43. The molecule has 0 aromatic heterocycles. The highest BCUT2D eigenvalue weighted by molar-refractivity contribution is 6.07. The molecule has 3 nitrogen and oxygen atoms in total. The van der Waals surface area contributed by atoms with Crippen LogP contribution < -0.4 is 15.5 Å². The van der Waals surface area contributed by atoms with Gasteiger partial charge in [-0.15, -0.1) is 0 Å². The van der Waals surface area contributed by atoms with E-state index in [-0.39, 0.29) is 0 Å². The molecule has 2 N–H and O–H groups in total. The van der Waals surface area contributed by atoms with Gasteiger partial charge in [0.2, 0.25) is 0 Å². The molecule has 17 heavy (non-hydrogen) atoms. The van der Waals surface area contributed by atoms with E-state index in [9.17, 15) is 0 Å². The van der Waals surface area contributed by atoms with E-state index in [0.717, 1.165) is 11.4 Å². The molecule has 0 radical (unpaired) electrons. The van der Waals surface area contributed by atoms with E-state index in [4.69, 9.17) is 5.73 Å². The molecule has 0 saturated heterocycles. The largest absolute Gasteiger partial charge is 0.397 e. The molecular weight excluding hydrogens is 210 g/mol. The second-order valence-corrected chi connectivity index (χ2v) is 4.67. The second-order valence-electron chi connectivity index (χ2n) is 4.67. The molecule has 2 rings (SSSR count). The Labute approximate surface area is 102 Å². The van der Waals surface area contributed by atoms with Crippen LogP contribution >= 0.6 is 0 Å². The fraction of sp³-hybridized carbons (Fsp3) is 0.286. The maximum atomic E-state index is 6.10. The van der Waals surface area contributed by atoms with Crippen molar-refractivity contribution in [2.75, 3.05) is 43.7 Å². The van der Waals surface area contributed by atoms with Crippen LogP contribution in [0.5, 0.6) is 0 Å². The third-order valence-electron chi connectivity index (χ3n) is 2.96. The van der Waals surface area contributed by atoms with Crippen LogP contribution in [0.1, 0.15) is 0 Å². The lowest BCUT2D eigenvalue weighted by Crippen LogP contribution is -2.14. The first kappa shape index (κ1) is 11.6. The molecule has 0 amide bonds. The SMILES string of the molecule is CN(C)c1cccc2ccc(N)c(N(C)C)c12. The smallest absolute Gasteiger partial charge is 0.0695 e. The summed E-state index contributed by atoms with van der Waals surface area (Å²) in [7, 11) is 8.16. The van der Waals surface area contributed by atoms with E-state index in [2.05, 4.69) is 48.2 Å². The minimum Gasteiger partial charge on any atom is -0.397 e. The Kier molecular flexibility index (Phi) is 2.84.